The Morgan fingerprint density at radius 2 is 2.05 bits per heavy atom. The highest BCUT2D eigenvalue weighted by atomic mass is 16.2. The lowest BCUT2D eigenvalue weighted by atomic mass is 10.0. The van der Waals surface area contributed by atoms with Crippen molar-refractivity contribution in [2.24, 2.45) is 0 Å². The summed E-state index contributed by atoms with van der Waals surface area (Å²) < 4.78 is 1.93. The molecule has 6 heteroatoms. The maximum atomic E-state index is 12.6. The zero-order valence-electron chi connectivity index (χ0n) is 13.3. The van der Waals surface area contributed by atoms with Crippen LogP contribution in [-0.2, 0) is 29.1 Å². The first-order valence-electron chi connectivity index (χ1n) is 7.53. The third-order valence-electron chi connectivity index (χ3n) is 3.81. The summed E-state index contributed by atoms with van der Waals surface area (Å²) in [5.74, 6) is -0.121. The molecule has 2 heterocycles. The molecule has 0 saturated carbocycles. The van der Waals surface area contributed by atoms with E-state index in [-0.39, 0.29) is 11.8 Å². The lowest BCUT2D eigenvalue weighted by molar-refractivity contribution is -0.137. The Hall–Kier alpha value is -1.85. The van der Waals surface area contributed by atoms with Gasteiger partial charge in [0.2, 0.25) is 11.8 Å². The number of hydrogen-bond donors (Lipinski definition) is 1. The number of aryl methyl sites for hydroxylation is 2. The Bertz CT molecular complexity index is 548. The summed E-state index contributed by atoms with van der Waals surface area (Å²) in [6.07, 6.45) is 1.22. The average Bonchev–Trinajstić information content (AvgIpc) is 2.80. The van der Waals surface area contributed by atoms with Gasteiger partial charge in [0, 0.05) is 19.5 Å². The van der Waals surface area contributed by atoms with Crippen LogP contribution in [0.3, 0.4) is 0 Å². The van der Waals surface area contributed by atoms with Crippen molar-refractivity contribution in [3.05, 3.63) is 17.5 Å². The van der Waals surface area contributed by atoms with Gasteiger partial charge in [-0.05, 0) is 33.3 Å². The van der Waals surface area contributed by atoms with Crippen LogP contribution in [0.1, 0.15) is 45.5 Å². The zero-order chi connectivity index (χ0) is 15.6. The molecule has 1 fully saturated rings. The first-order valence-corrected chi connectivity index (χ1v) is 7.53. The van der Waals surface area contributed by atoms with E-state index in [4.69, 9.17) is 0 Å². The Labute approximate surface area is 125 Å². The fourth-order valence-corrected chi connectivity index (χ4v) is 2.63. The molecule has 0 atom stereocenters. The number of rotatable bonds is 4. The van der Waals surface area contributed by atoms with Gasteiger partial charge < -0.3 is 10.2 Å². The van der Waals surface area contributed by atoms with E-state index in [0.717, 1.165) is 24.4 Å². The number of nitrogens with zero attached hydrogens (tertiary/aromatic N) is 3. The van der Waals surface area contributed by atoms with Gasteiger partial charge in [-0.3, -0.25) is 14.3 Å². The van der Waals surface area contributed by atoms with Crippen LogP contribution < -0.4 is 5.32 Å². The molecule has 0 spiro atoms. The molecule has 0 aromatic carbocycles. The largest absolute Gasteiger partial charge is 0.342 e. The molecule has 0 bridgehead atoms. The Morgan fingerprint density at radius 1 is 1.33 bits per heavy atom. The smallest absolute Gasteiger partial charge is 0.248 e. The summed E-state index contributed by atoms with van der Waals surface area (Å²) >= 11 is 0. The summed E-state index contributed by atoms with van der Waals surface area (Å²) in [5, 5.41) is 7.28. The summed E-state index contributed by atoms with van der Waals surface area (Å²) in [7, 11) is 0. The Balaban J connectivity index is 2.23. The van der Waals surface area contributed by atoms with Crippen molar-refractivity contribution in [1.29, 1.82) is 0 Å². The highest BCUT2D eigenvalue weighted by Gasteiger charge is 2.36. The van der Waals surface area contributed by atoms with Gasteiger partial charge in [0.1, 0.15) is 5.54 Å². The SMILES string of the molecule is CCc1cc(CN2CCC(=O)NC(C)(C)C2=O)n(CC)n1. The van der Waals surface area contributed by atoms with Gasteiger partial charge in [0.15, 0.2) is 0 Å². The maximum absolute atomic E-state index is 12.6. The Kier molecular flexibility index (Phi) is 4.34. The molecular weight excluding hydrogens is 268 g/mol. The van der Waals surface area contributed by atoms with Crippen molar-refractivity contribution < 1.29 is 9.59 Å². The number of carbonyl (C=O) groups is 2. The Morgan fingerprint density at radius 3 is 2.67 bits per heavy atom. The van der Waals surface area contributed by atoms with Crippen LogP contribution in [0.2, 0.25) is 0 Å². The monoisotopic (exact) mass is 292 g/mol. The lowest BCUT2D eigenvalue weighted by Crippen LogP contribution is -2.52. The predicted molar refractivity (Wildman–Crippen MR) is 79.5 cm³/mol. The second-order valence-corrected chi connectivity index (χ2v) is 5.95. The van der Waals surface area contributed by atoms with Crippen molar-refractivity contribution in [3.63, 3.8) is 0 Å². The fourth-order valence-electron chi connectivity index (χ4n) is 2.63. The van der Waals surface area contributed by atoms with Gasteiger partial charge in [0.25, 0.3) is 0 Å². The third kappa shape index (κ3) is 3.25. The number of amides is 2. The standard InChI is InChI=1S/C15H24N4O2/c1-5-11-9-12(19(6-2)17-11)10-18-8-7-13(20)16-15(3,4)14(18)21/h9H,5-8,10H2,1-4H3,(H,16,20). The minimum Gasteiger partial charge on any atom is -0.342 e. The van der Waals surface area contributed by atoms with Crippen LogP contribution in [0.4, 0.5) is 0 Å². The number of nitrogens with one attached hydrogen (secondary N) is 1. The van der Waals surface area contributed by atoms with Crippen molar-refractivity contribution >= 4 is 11.8 Å². The highest BCUT2D eigenvalue weighted by molar-refractivity contribution is 5.92. The highest BCUT2D eigenvalue weighted by Crippen LogP contribution is 2.17. The molecule has 0 unspecified atom stereocenters. The average molecular weight is 292 g/mol. The number of hydrogen-bond acceptors (Lipinski definition) is 3. The minimum atomic E-state index is -0.849. The van der Waals surface area contributed by atoms with E-state index >= 15 is 0 Å². The van der Waals surface area contributed by atoms with Crippen molar-refractivity contribution in [1.82, 2.24) is 20.0 Å². The van der Waals surface area contributed by atoms with Gasteiger partial charge in [-0.2, -0.15) is 5.10 Å². The summed E-state index contributed by atoms with van der Waals surface area (Å²) in [6, 6.07) is 2.05. The lowest BCUT2D eigenvalue weighted by Gasteiger charge is -2.28. The van der Waals surface area contributed by atoms with E-state index in [1.54, 1.807) is 18.7 Å². The fraction of sp³-hybridized carbons (Fsp3) is 0.667. The van der Waals surface area contributed by atoms with Crippen molar-refractivity contribution in [2.75, 3.05) is 6.54 Å². The number of carbonyl (C=O) groups excluding carboxylic acids is 2. The van der Waals surface area contributed by atoms with Crippen LogP contribution in [0.25, 0.3) is 0 Å². The van der Waals surface area contributed by atoms with E-state index in [9.17, 15) is 9.59 Å². The van der Waals surface area contributed by atoms with Crippen LogP contribution in [0, 0.1) is 0 Å². The molecule has 1 aliphatic heterocycles. The van der Waals surface area contributed by atoms with Gasteiger partial charge in [-0.15, -0.1) is 0 Å². The van der Waals surface area contributed by atoms with Crippen LogP contribution in [0.5, 0.6) is 0 Å². The molecule has 116 valence electrons. The van der Waals surface area contributed by atoms with Gasteiger partial charge >= 0.3 is 0 Å². The maximum Gasteiger partial charge on any atom is 0.248 e. The molecule has 2 rings (SSSR count). The zero-order valence-corrected chi connectivity index (χ0v) is 13.3. The molecule has 1 N–H and O–H groups in total. The summed E-state index contributed by atoms with van der Waals surface area (Å²) in [4.78, 5) is 26.0. The van der Waals surface area contributed by atoms with Gasteiger partial charge in [-0.1, -0.05) is 6.92 Å². The van der Waals surface area contributed by atoms with Crippen LogP contribution >= 0.6 is 0 Å². The van der Waals surface area contributed by atoms with Gasteiger partial charge in [-0.25, -0.2) is 0 Å². The van der Waals surface area contributed by atoms with Crippen molar-refractivity contribution in [3.8, 4) is 0 Å². The second kappa shape index (κ2) is 5.87. The third-order valence-corrected chi connectivity index (χ3v) is 3.81. The molecule has 1 saturated heterocycles. The van der Waals surface area contributed by atoms with Crippen LogP contribution in [-0.4, -0.2) is 38.6 Å². The predicted octanol–water partition coefficient (Wildman–Crippen LogP) is 1.09. The first-order chi connectivity index (χ1) is 9.87. The first kappa shape index (κ1) is 15.5. The number of aromatic nitrogens is 2. The quantitative estimate of drug-likeness (QED) is 0.903. The van der Waals surface area contributed by atoms with Gasteiger partial charge in [0.05, 0.1) is 17.9 Å². The summed E-state index contributed by atoms with van der Waals surface area (Å²) in [6.45, 7) is 9.32. The van der Waals surface area contributed by atoms with E-state index in [2.05, 4.69) is 17.3 Å². The second-order valence-electron chi connectivity index (χ2n) is 5.95. The molecular formula is C15H24N4O2. The topological polar surface area (TPSA) is 67.2 Å². The molecule has 1 aromatic heterocycles. The van der Waals surface area contributed by atoms with E-state index in [1.165, 1.54) is 0 Å². The normalized spacial score (nSPS) is 18.6. The molecule has 1 aromatic rings. The molecule has 0 radical (unpaired) electrons. The van der Waals surface area contributed by atoms with Crippen LogP contribution in [0.15, 0.2) is 6.07 Å². The van der Waals surface area contributed by atoms with E-state index in [1.807, 2.05) is 17.7 Å². The molecule has 21 heavy (non-hydrogen) atoms. The molecule has 6 nitrogen and oxygen atoms in total. The molecule has 1 aliphatic rings. The molecule has 2 amide bonds. The molecule has 0 aliphatic carbocycles. The van der Waals surface area contributed by atoms with E-state index in [0.29, 0.717) is 19.5 Å². The summed E-state index contributed by atoms with van der Waals surface area (Å²) in [5.41, 5.74) is 1.20. The minimum absolute atomic E-state index is 0.0461. The van der Waals surface area contributed by atoms with Crippen molar-refractivity contribution in [2.45, 2.75) is 59.2 Å². The van der Waals surface area contributed by atoms with E-state index < -0.39 is 5.54 Å².